The lowest BCUT2D eigenvalue weighted by Gasteiger charge is -2.21. The molecule has 5 nitrogen and oxygen atoms in total. The summed E-state index contributed by atoms with van der Waals surface area (Å²) in [4.78, 5) is 26.8. The highest BCUT2D eigenvalue weighted by Crippen LogP contribution is 2.33. The Hall–Kier alpha value is -1.88. The maximum absolute atomic E-state index is 12.7. The molecule has 1 atom stereocenters. The Bertz CT molecular complexity index is 646. The smallest absolute Gasteiger partial charge is 0.256 e. The summed E-state index contributed by atoms with van der Waals surface area (Å²) in [5.74, 6) is 0.316. The van der Waals surface area contributed by atoms with Crippen LogP contribution in [0.2, 0.25) is 0 Å². The van der Waals surface area contributed by atoms with Crippen molar-refractivity contribution in [2.75, 3.05) is 23.4 Å². The Labute approximate surface area is 142 Å². The number of hydrogen-bond acceptors (Lipinski definition) is 3. The molecule has 2 fully saturated rings. The number of carbonyl (C=O) groups is 2. The van der Waals surface area contributed by atoms with Crippen molar-refractivity contribution in [3.05, 3.63) is 23.8 Å². The normalized spacial score (nSPS) is 23.5. The van der Waals surface area contributed by atoms with Gasteiger partial charge in [-0.3, -0.25) is 9.59 Å². The SMILES string of the molecule is O=C(Nc1ccc2c(c1)N(C(=O)[C@@H]1CCCO1)CC2)C1CCCC1. The molecule has 5 heteroatoms. The number of hydrogen-bond donors (Lipinski definition) is 1. The van der Waals surface area contributed by atoms with Crippen molar-refractivity contribution < 1.29 is 14.3 Å². The summed E-state index contributed by atoms with van der Waals surface area (Å²) in [7, 11) is 0. The molecule has 0 radical (unpaired) electrons. The van der Waals surface area contributed by atoms with Crippen LogP contribution in [0.1, 0.15) is 44.1 Å². The number of rotatable bonds is 3. The monoisotopic (exact) mass is 328 g/mol. The van der Waals surface area contributed by atoms with Crippen LogP contribution in [0.25, 0.3) is 0 Å². The number of nitrogens with one attached hydrogen (secondary N) is 1. The third-order valence-electron chi connectivity index (χ3n) is 5.45. The van der Waals surface area contributed by atoms with E-state index in [4.69, 9.17) is 4.74 Å². The van der Waals surface area contributed by atoms with Gasteiger partial charge in [-0.15, -0.1) is 0 Å². The Balaban J connectivity index is 1.50. The van der Waals surface area contributed by atoms with E-state index in [1.807, 2.05) is 23.1 Å². The predicted molar refractivity (Wildman–Crippen MR) is 92.1 cm³/mol. The number of fused-ring (bicyclic) bond motifs is 1. The number of benzene rings is 1. The van der Waals surface area contributed by atoms with E-state index in [-0.39, 0.29) is 23.8 Å². The Morgan fingerprint density at radius 1 is 1.12 bits per heavy atom. The number of nitrogens with zero attached hydrogens (tertiary/aromatic N) is 1. The van der Waals surface area contributed by atoms with E-state index in [2.05, 4.69) is 5.32 Å². The number of ether oxygens (including phenoxy) is 1. The van der Waals surface area contributed by atoms with E-state index >= 15 is 0 Å². The molecule has 0 unspecified atom stereocenters. The van der Waals surface area contributed by atoms with Gasteiger partial charge < -0.3 is 15.0 Å². The van der Waals surface area contributed by atoms with E-state index in [1.165, 1.54) is 5.56 Å². The Morgan fingerprint density at radius 3 is 2.71 bits per heavy atom. The van der Waals surface area contributed by atoms with Gasteiger partial charge >= 0.3 is 0 Å². The van der Waals surface area contributed by atoms with Crippen LogP contribution in [0.5, 0.6) is 0 Å². The number of carbonyl (C=O) groups excluding carboxylic acids is 2. The summed E-state index contributed by atoms with van der Waals surface area (Å²) >= 11 is 0. The fourth-order valence-corrected chi connectivity index (χ4v) is 4.06. The van der Waals surface area contributed by atoms with E-state index in [0.29, 0.717) is 13.2 Å². The van der Waals surface area contributed by atoms with Gasteiger partial charge in [0.05, 0.1) is 0 Å². The third-order valence-corrected chi connectivity index (χ3v) is 5.45. The zero-order chi connectivity index (χ0) is 16.5. The average Bonchev–Trinajstić information content (AvgIpc) is 3.33. The Kier molecular flexibility index (Phi) is 4.27. The summed E-state index contributed by atoms with van der Waals surface area (Å²) in [6.45, 7) is 1.38. The largest absolute Gasteiger partial charge is 0.368 e. The van der Waals surface area contributed by atoms with Gasteiger partial charge in [0.15, 0.2) is 0 Å². The standard InChI is InChI=1S/C19H24N2O3/c22-18(14-4-1-2-5-14)20-15-8-7-13-9-10-21(16(13)12-15)19(23)17-6-3-11-24-17/h7-8,12,14,17H,1-6,9-11H2,(H,20,22)/t17-/m0/s1. The van der Waals surface area contributed by atoms with Crippen molar-refractivity contribution in [1.82, 2.24) is 0 Å². The highest BCUT2D eigenvalue weighted by Gasteiger charge is 2.33. The highest BCUT2D eigenvalue weighted by atomic mass is 16.5. The molecule has 0 bridgehead atoms. The molecular formula is C19H24N2O3. The average molecular weight is 328 g/mol. The predicted octanol–water partition coefficient (Wildman–Crippen LogP) is 2.88. The maximum atomic E-state index is 12.7. The molecule has 3 aliphatic rings. The molecule has 4 rings (SSSR count). The van der Waals surface area contributed by atoms with Crippen LogP contribution in [0, 0.1) is 5.92 Å². The zero-order valence-electron chi connectivity index (χ0n) is 13.9. The van der Waals surface area contributed by atoms with Gasteiger partial charge in [0.1, 0.15) is 6.10 Å². The molecule has 2 aliphatic heterocycles. The van der Waals surface area contributed by atoms with Gasteiger partial charge in [0.2, 0.25) is 5.91 Å². The molecule has 1 aliphatic carbocycles. The molecular weight excluding hydrogens is 304 g/mol. The second-order valence-corrected chi connectivity index (χ2v) is 7.06. The van der Waals surface area contributed by atoms with Crippen LogP contribution in [0.3, 0.4) is 0 Å². The topological polar surface area (TPSA) is 58.6 Å². The van der Waals surface area contributed by atoms with Crippen molar-refractivity contribution in [3.8, 4) is 0 Å². The van der Waals surface area contributed by atoms with Gasteiger partial charge in [-0.2, -0.15) is 0 Å². The van der Waals surface area contributed by atoms with E-state index < -0.39 is 0 Å². The van der Waals surface area contributed by atoms with Crippen molar-refractivity contribution in [2.45, 2.75) is 51.0 Å². The fraction of sp³-hybridized carbons (Fsp3) is 0.579. The summed E-state index contributed by atoms with van der Waals surface area (Å²) in [5.41, 5.74) is 2.89. The van der Waals surface area contributed by atoms with E-state index in [1.54, 1.807) is 0 Å². The van der Waals surface area contributed by atoms with Gasteiger partial charge in [-0.25, -0.2) is 0 Å². The van der Waals surface area contributed by atoms with Gasteiger partial charge in [0.25, 0.3) is 5.91 Å². The fourth-order valence-electron chi connectivity index (χ4n) is 4.06. The summed E-state index contributed by atoms with van der Waals surface area (Å²) in [6.07, 6.45) is 6.59. The molecule has 1 aromatic carbocycles. The molecule has 1 saturated heterocycles. The van der Waals surface area contributed by atoms with E-state index in [9.17, 15) is 9.59 Å². The van der Waals surface area contributed by atoms with Crippen LogP contribution in [-0.2, 0) is 20.7 Å². The second-order valence-electron chi connectivity index (χ2n) is 7.06. The molecule has 0 spiro atoms. The first-order valence-corrected chi connectivity index (χ1v) is 9.09. The third kappa shape index (κ3) is 2.93. The molecule has 0 aromatic heterocycles. The van der Waals surface area contributed by atoms with Crippen LogP contribution in [0.4, 0.5) is 11.4 Å². The van der Waals surface area contributed by atoms with Crippen molar-refractivity contribution in [1.29, 1.82) is 0 Å². The highest BCUT2D eigenvalue weighted by molar-refractivity contribution is 6.00. The lowest BCUT2D eigenvalue weighted by molar-refractivity contribution is -0.127. The first-order chi connectivity index (χ1) is 11.7. The molecule has 24 heavy (non-hydrogen) atoms. The minimum Gasteiger partial charge on any atom is -0.368 e. The molecule has 2 amide bonds. The summed E-state index contributed by atoms with van der Waals surface area (Å²) in [5, 5.41) is 3.03. The molecule has 128 valence electrons. The number of anilines is 2. The van der Waals surface area contributed by atoms with Crippen molar-refractivity contribution in [2.24, 2.45) is 5.92 Å². The molecule has 2 heterocycles. The maximum Gasteiger partial charge on any atom is 0.256 e. The van der Waals surface area contributed by atoms with Crippen molar-refractivity contribution >= 4 is 23.2 Å². The van der Waals surface area contributed by atoms with Crippen LogP contribution >= 0.6 is 0 Å². The second kappa shape index (κ2) is 6.55. The quantitative estimate of drug-likeness (QED) is 0.928. The first kappa shape index (κ1) is 15.6. The zero-order valence-corrected chi connectivity index (χ0v) is 13.9. The van der Waals surface area contributed by atoms with Gasteiger partial charge in [0, 0.05) is 30.4 Å². The van der Waals surface area contributed by atoms with Crippen LogP contribution in [0.15, 0.2) is 18.2 Å². The molecule has 1 aromatic rings. The molecule has 1 saturated carbocycles. The summed E-state index contributed by atoms with van der Waals surface area (Å²) < 4.78 is 5.54. The van der Waals surface area contributed by atoms with Gasteiger partial charge in [-0.1, -0.05) is 18.9 Å². The van der Waals surface area contributed by atoms with Gasteiger partial charge in [-0.05, 0) is 49.8 Å². The van der Waals surface area contributed by atoms with Crippen LogP contribution in [-0.4, -0.2) is 31.1 Å². The Morgan fingerprint density at radius 2 is 1.96 bits per heavy atom. The molecule has 1 N–H and O–H groups in total. The minimum absolute atomic E-state index is 0.0607. The van der Waals surface area contributed by atoms with Crippen molar-refractivity contribution in [3.63, 3.8) is 0 Å². The lowest BCUT2D eigenvalue weighted by atomic mass is 10.1. The first-order valence-electron chi connectivity index (χ1n) is 9.09. The van der Waals surface area contributed by atoms with Crippen LogP contribution < -0.4 is 10.2 Å². The minimum atomic E-state index is -0.298. The summed E-state index contributed by atoms with van der Waals surface area (Å²) in [6, 6.07) is 5.93. The number of amides is 2. The lowest BCUT2D eigenvalue weighted by Crippen LogP contribution is -2.37. The van der Waals surface area contributed by atoms with E-state index in [0.717, 1.165) is 56.3 Å².